The highest BCUT2D eigenvalue weighted by molar-refractivity contribution is 5.68. The van der Waals surface area contributed by atoms with Gasteiger partial charge >= 0.3 is 6.09 Å². The number of rotatable bonds is 6. The summed E-state index contributed by atoms with van der Waals surface area (Å²) in [6.45, 7) is 5.16. The third-order valence-corrected chi connectivity index (χ3v) is 2.80. The number of aliphatic hydroxyl groups is 1. The monoisotopic (exact) mass is 306 g/mol. The maximum absolute atomic E-state index is 11.9. The van der Waals surface area contributed by atoms with E-state index in [1.807, 2.05) is 30.3 Å². The molecule has 1 amide bonds. The standard InChI is InChI=1S/C15H22N4O3/c1-15(2,3)22-14(21)18-12(13(20)10-17-19-16)9-11-7-5-4-6-8-11/h4-8,12-13,20H,9-10H2,1-3H3,(H,18,21)/t12-,13+/m0/s1. The van der Waals surface area contributed by atoms with Crippen LogP contribution in [0.25, 0.3) is 10.4 Å². The number of benzene rings is 1. The second-order valence-electron chi connectivity index (χ2n) is 5.92. The van der Waals surface area contributed by atoms with E-state index in [0.29, 0.717) is 6.42 Å². The summed E-state index contributed by atoms with van der Waals surface area (Å²) in [6, 6.07) is 8.81. The van der Waals surface area contributed by atoms with Gasteiger partial charge in [0.15, 0.2) is 0 Å². The quantitative estimate of drug-likeness (QED) is 0.479. The molecule has 7 nitrogen and oxygen atoms in total. The van der Waals surface area contributed by atoms with Gasteiger partial charge in [-0.2, -0.15) is 0 Å². The van der Waals surface area contributed by atoms with Crippen molar-refractivity contribution >= 4 is 6.09 Å². The van der Waals surface area contributed by atoms with Crippen LogP contribution in [0.15, 0.2) is 35.4 Å². The summed E-state index contributed by atoms with van der Waals surface area (Å²) in [6.07, 6.45) is -1.21. The first-order valence-corrected chi connectivity index (χ1v) is 7.04. The van der Waals surface area contributed by atoms with Crippen LogP contribution in [-0.4, -0.2) is 35.5 Å². The van der Waals surface area contributed by atoms with Crippen molar-refractivity contribution in [3.63, 3.8) is 0 Å². The third kappa shape index (κ3) is 6.97. The van der Waals surface area contributed by atoms with Crippen LogP contribution >= 0.6 is 0 Å². The minimum Gasteiger partial charge on any atom is -0.444 e. The molecule has 2 N–H and O–H groups in total. The van der Waals surface area contributed by atoms with E-state index in [1.54, 1.807) is 20.8 Å². The van der Waals surface area contributed by atoms with Crippen molar-refractivity contribution in [3.05, 3.63) is 46.3 Å². The molecule has 0 saturated heterocycles. The SMILES string of the molecule is CC(C)(C)OC(=O)N[C@@H](Cc1ccccc1)[C@H](O)CN=[N+]=[N-]. The van der Waals surface area contributed by atoms with Gasteiger partial charge in [0.1, 0.15) is 5.60 Å². The van der Waals surface area contributed by atoms with E-state index in [0.717, 1.165) is 5.56 Å². The van der Waals surface area contributed by atoms with E-state index in [9.17, 15) is 9.90 Å². The Hall–Kier alpha value is -2.24. The minimum absolute atomic E-state index is 0.121. The van der Waals surface area contributed by atoms with E-state index in [4.69, 9.17) is 10.3 Å². The second kappa shape index (κ2) is 8.26. The fourth-order valence-electron chi connectivity index (χ4n) is 1.86. The van der Waals surface area contributed by atoms with Crippen molar-refractivity contribution in [2.45, 2.75) is 44.9 Å². The lowest BCUT2D eigenvalue weighted by Crippen LogP contribution is -2.47. The van der Waals surface area contributed by atoms with E-state index in [-0.39, 0.29) is 6.54 Å². The number of carbonyl (C=O) groups excluding carboxylic acids is 1. The lowest BCUT2D eigenvalue weighted by atomic mass is 10.0. The molecule has 7 heteroatoms. The first-order valence-electron chi connectivity index (χ1n) is 7.04. The number of amides is 1. The van der Waals surface area contributed by atoms with Gasteiger partial charge in [-0.25, -0.2) is 4.79 Å². The summed E-state index contributed by atoms with van der Waals surface area (Å²) >= 11 is 0. The first-order chi connectivity index (χ1) is 10.3. The normalized spacial score (nSPS) is 13.6. The Morgan fingerprint density at radius 3 is 2.59 bits per heavy atom. The number of aliphatic hydroxyl groups excluding tert-OH is 1. The van der Waals surface area contributed by atoms with Crippen molar-refractivity contribution < 1.29 is 14.6 Å². The number of carbonyl (C=O) groups is 1. The van der Waals surface area contributed by atoms with Gasteiger partial charge in [0, 0.05) is 4.91 Å². The zero-order valence-corrected chi connectivity index (χ0v) is 13.1. The van der Waals surface area contributed by atoms with Crippen LogP contribution in [0.3, 0.4) is 0 Å². The predicted octanol–water partition coefficient (Wildman–Crippen LogP) is 2.79. The van der Waals surface area contributed by atoms with Crippen LogP contribution in [0, 0.1) is 0 Å². The van der Waals surface area contributed by atoms with Crippen molar-refractivity contribution in [2.24, 2.45) is 5.11 Å². The number of azide groups is 1. The molecular formula is C15H22N4O3. The smallest absolute Gasteiger partial charge is 0.407 e. The van der Waals surface area contributed by atoms with E-state index in [1.165, 1.54) is 0 Å². The fraction of sp³-hybridized carbons (Fsp3) is 0.533. The number of hydrogen-bond donors (Lipinski definition) is 2. The minimum atomic E-state index is -0.997. The molecule has 2 atom stereocenters. The second-order valence-corrected chi connectivity index (χ2v) is 5.92. The Morgan fingerprint density at radius 1 is 1.41 bits per heavy atom. The van der Waals surface area contributed by atoms with Gasteiger partial charge in [-0.05, 0) is 38.3 Å². The summed E-state index contributed by atoms with van der Waals surface area (Å²) in [5.74, 6) is 0. The molecule has 0 fully saturated rings. The average molecular weight is 306 g/mol. The van der Waals surface area contributed by atoms with Gasteiger partial charge in [-0.15, -0.1) is 0 Å². The Kier molecular flexibility index (Phi) is 6.69. The van der Waals surface area contributed by atoms with Gasteiger partial charge in [-0.1, -0.05) is 35.4 Å². The first kappa shape index (κ1) is 17.8. The van der Waals surface area contributed by atoms with Crippen LogP contribution < -0.4 is 5.32 Å². The summed E-state index contributed by atoms with van der Waals surface area (Å²) in [4.78, 5) is 14.5. The topological polar surface area (TPSA) is 107 Å². The molecule has 22 heavy (non-hydrogen) atoms. The Bertz CT molecular complexity index is 521. The van der Waals surface area contributed by atoms with Crippen LogP contribution in [-0.2, 0) is 11.2 Å². The Morgan fingerprint density at radius 2 is 2.05 bits per heavy atom. The van der Waals surface area contributed by atoms with Gasteiger partial charge in [0.05, 0.1) is 18.7 Å². The molecule has 0 spiro atoms. The molecule has 0 radical (unpaired) electrons. The highest BCUT2D eigenvalue weighted by atomic mass is 16.6. The van der Waals surface area contributed by atoms with Crippen molar-refractivity contribution in [1.29, 1.82) is 0 Å². The highest BCUT2D eigenvalue weighted by Gasteiger charge is 2.24. The molecule has 0 aliphatic rings. The molecule has 0 unspecified atom stereocenters. The number of nitrogens with zero attached hydrogens (tertiary/aromatic N) is 3. The van der Waals surface area contributed by atoms with Crippen molar-refractivity contribution in [2.75, 3.05) is 6.54 Å². The van der Waals surface area contributed by atoms with Crippen molar-refractivity contribution in [1.82, 2.24) is 5.32 Å². The van der Waals surface area contributed by atoms with Gasteiger partial charge in [0.2, 0.25) is 0 Å². The number of nitrogens with one attached hydrogen (secondary N) is 1. The van der Waals surface area contributed by atoms with E-state index >= 15 is 0 Å². The number of alkyl carbamates (subject to hydrolysis) is 1. The summed E-state index contributed by atoms with van der Waals surface area (Å²) in [5, 5.41) is 16.1. The van der Waals surface area contributed by atoms with Crippen molar-refractivity contribution in [3.8, 4) is 0 Å². The summed E-state index contributed by atoms with van der Waals surface area (Å²) < 4.78 is 5.20. The fourth-order valence-corrected chi connectivity index (χ4v) is 1.86. The van der Waals surface area contributed by atoms with E-state index in [2.05, 4.69) is 15.3 Å². The molecule has 0 bridgehead atoms. The maximum atomic E-state index is 11.9. The molecule has 0 heterocycles. The maximum Gasteiger partial charge on any atom is 0.407 e. The number of hydrogen-bond acceptors (Lipinski definition) is 4. The van der Waals surface area contributed by atoms with Crippen LogP contribution in [0.4, 0.5) is 4.79 Å². The molecule has 0 saturated carbocycles. The number of ether oxygens (including phenoxy) is 1. The molecule has 1 rings (SSSR count). The zero-order chi connectivity index (χ0) is 16.6. The molecule has 1 aromatic carbocycles. The molecule has 1 aromatic rings. The van der Waals surface area contributed by atoms with E-state index < -0.39 is 23.8 Å². The lowest BCUT2D eigenvalue weighted by Gasteiger charge is -2.26. The van der Waals surface area contributed by atoms with Gasteiger partial charge in [-0.3, -0.25) is 0 Å². The molecule has 0 aromatic heterocycles. The Labute approximate surface area is 129 Å². The Balaban J connectivity index is 2.77. The zero-order valence-electron chi connectivity index (χ0n) is 13.1. The molecule has 0 aliphatic heterocycles. The van der Waals surface area contributed by atoms with Crippen LogP contribution in [0.5, 0.6) is 0 Å². The average Bonchev–Trinajstić information content (AvgIpc) is 2.43. The van der Waals surface area contributed by atoms with Gasteiger partial charge < -0.3 is 15.2 Å². The molecular weight excluding hydrogens is 284 g/mol. The predicted molar refractivity (Wildman–Crippen MR) is 83.3 cm³/mol. The van der Waals surface area contributed by atoms with Gasteiger partial charge in [0.25, 0.3) is 0 Å². The summed E-state index contributed by atoms with van der Waals surface area (Å²) in [7, 11) is 0. The lowest BCUT2D eigenvalue weighted by molar-refractivity contribution is 0.0430. The van der Waals surface area contributed by atoms with Crippen LogP contribution in [0.1, 0.15) is 26.3 Å². The molecule has 120 valence electrons. The highest BCUT2D eigenvalue weighted by Crippen LogP contribution is 2.10. The third-order valence-electron chi connectivity index (χ3n) is 2.80. The summed E-state index contributed by atoms with van der Waals surface area (Å²) in [5.41, 5.74) is 8.68. The van der Waals surface area contributed by atoms with Crippen LogP contribution in [0.2, 0.25) is 0 Å². The largest absolute Gasteiger partial charge is 0.444 e. The molecule has 0 aliphatic carbocycles.